The van der Waals surface area contributed by atoms with Crippen molar-refractivity contribution in [1.29, 1.82) is 0 Å². The number of esters is 1. The van der Waals surface area contributed by atoms with Crippen LogP contribution in [-0.2, 0) is 9.47 Å². The van der Waals surface area contributed by atoms with Crippen LogP contribution < -0.4 is 5.32 Å². The van der Waals surface area contributed by atoms with Crippen LogP contribution in [0.15, 0.2) is 18.2 Å². The van der Waals surface area contributed by atoms with Gasteiger partial charge >= 0.3 is 12.1 Å². The van der Waals surface area contributed by atoms with Gasteiger partial charge in [-0.05, 0) is 39.0 Å². The van der Waals surface area contributed by atoms with Gasteiger partial charge in [0.2, 0.25) is 0 Å². The lowest BCUT2D eigenvalue weighted by atomic mass is 10.2. The maximum atomic E-state index is 11.5. The molecule has 19 heavy (non-hydrogen) atoms. The smallest absolute Gasteiger partial charge is 0.412 e. The van der Waals surface area contributed by atoms with Crippen LogP contribution in [0.3, 0.4) is 0 Å². The molecule has 1 aromatic carbocycles. The number of hydrogen-bond donors (Lipinski definition) is 2. The molecule has 6 nitrogen and oxygen atoms in total. The highest BCUT2D eigenvalue weighted by molar-refractivity contribution is 5.92. The highest BCUT2D eigenvalue weighted by Gasteiger charge is 2.17. The van der Waals surface area contributed by atoms with E-state index >= 15 is 0 Å². The summed E-state index contributed by atoms with van der Waals surface area (Å²) in [6.45, 7) is 5.19. The fourth-order valence-electron chi connectivity index (χ4n) is 1.30. The second-order valence-electron chi connectivity index (χ2n) is 4.85. The van der Waals surface area contributed by atoms with Crippen molar-refractivity contribution in [2.45, 2.75) is 26.4 Å². The van der Waals surface area contributed by atoms with Crippen molar-refractivity contribution in [2.24, 2.45) is 0 Å². The van der Waals surface area contributed by atoms with E-state index in [-0.39, 0.29) is 17.0 Å². The molecule has 0 saturated carbocycles. The fraction of sp³-hybridized carbons (Fsp3) is 0.385. The number of phenols is 1. The number of carbonyl (C=O) groups excluding carboxylic acids is 2. The molecule has 0 unspecified atom stereocenters. The molecule has 0 aliphatic rings. The van der Waals surface area contributed by atoms with Gasteiger partial charge in [-0.3, -0.25) is 5.32 Å². The van der Waals surface area contributed by atoms with Crippen molar-refractivity contribution < 1.29 is 24.2 Å². The number of phenolic OH excluding ortho intramolecular Hbond substituents is 1. The highest BCUT2D eigenvalue weighted by atomic mass is 16.6. The molecule has 0 aliphatic heterocycles. The minimum atomic E-state index is -0.686. The van der Waals surface area contributed by atoms with Gasteiger partial charge < -0.3 is 14.6 Å². The molecule has 6 heteroatoms. The molecule has 1 aromatic rings. The van der Waals surface area contributed by atoms with Gasteiger partial charge in [0.1, 0.15) is 11.4 Å². The first-order valence-corrected chi connectivity index (χ1v) is 5.64. The van der Waals surface area contributed by atoms with Crippen LogP contribution in [0.4, 0.5) is 10.5 Å². The van der Waals surface area contributed by atoms with Crippen LogP contribution in [0.1, 0.15) is 31.1 Å². The van der Waals surface area contributed by atoms with Gasteiger partial charge in [0.05, 0.1) is 18.4 Å². The average molecular weight is 267 g/mol. The largest absolute Gasteiger partial charge is 0.506 e. The summed E-state index contributed by atoms with van der Waals surface area (Å²) >= 11 is 0. The van der Waals surface area contributed by atoms with Crippen LogP contribution in [0.5, 0.6) is 5.75 Å². The average Bonchev–Trinajstić information content (AvgIpc) is 2.28. The number of methoxy groups -OCH3 is 1. The minimum Gasteiger partial charge on any atom is -0.506 e. The van der Waals surface area contributed by atoms with Gasteiger partial charge in [0.15, 0.2) is 0 Å². The quantitative estimate of drug-likeness (QED) is 0.635. The molecular weight excluding hydrogens is 250 g/mol. The van der Waals surface area contributed by atoms with Crippen molar-refractivity contribution in [2.75, 3.05) is 12.4 Å². The standard InChI is InChI=1S/C13H17NO5/c1-13(2,3)19-12(17)14-9-6-5-8(7-10(9)15)11(16)18-4/h5-7,15H,1-4H3,(H,14,17). The molecule has 0 saturated heterocycles. The predicted molar refractivity (Wildman–Crippen MR) is 69.3 cm³/mol. The molecule has 0 atom stereocenters. The van der Waals surface area contributed by atoms with E-state index in [1.807, 2.05) is 0 Å². The summed E-state index contributed by atoms with van der Waals surface area (Å²) in [5.74, 6) is -0.812. The number of hydrogen-bond acceptors (Lipinski definition) is 5. The molecule has 1 amide bonds. The molecule has 2 N–H and O–H groups in total. The van der Waals surface area contributed by atoms with Crippen molar-refractivity contribution in [3.8, 4) is 5.75 Å². The Morgan fingerprint density at radius 3 is 2.37 bits per heavy atom. The SMILES string of the molecule is COC(=O)c1ccc(NC(=O)OC(C)(C)C)c(O)c1. The summed E-state index contributed by atoms with van der Waals surface area (Å²) in [7, 11) is 1.24. The molecule has 104 valence electrons. The Balaban J connectivity index is 2.81. The number of carbonyl (C=O) groups is 2. The Kier molecular flexibility index (Phi) is 4.37. The third kappa shape index (κ3) is 4.50. The topological polar surface area (TPSA) is 84.9 Å². The van der Waals surface area contributed by atoms with Gasteiger partial charge in [0.25, 0.3) is 0 Å². The third-order valence-corrected chi connectivity index (χ3v) is 2.05. The van der Waals surface area contributed by atoms with Gasteiger partial charge in [-0.2, -0.15) is 0 Å². The lowest BCUT2D eigenvalue weighted by Gasteiger charge is -2.20. The van der Waals surface area contributed by atoms with Gasteiger partial charge in [0, 0.05) is 0 Å². The normalized spacial score (nSPS) is 10.7. The number of benzene rings is 1. The first kappa shape index (κ1) is 14.8. The van der Waals surface area contributed by atoms with Gasteiger partial charge in [-0.1, -0.05) is 0 Å². The van der Waals surface area contributed by atoms with E-state index in [0.717, 1.165) is 0 Å². The molecule has 0 bridgehead atoms. The second kappa shape index (κ2) is 5.60. The van der Waals surface area contributed by atoms with E-state index in [0.29, 0.717) is 0 Å². The van der Waals surface area contributed by atoms with Crippen molar-refractivity contribution in [1.82, 2.24) is 0 Å². The number of nitrogens with one attached hydrogen (secondary N) is 1. The summed E-state index contributed by atoms with van der Waals surface area (Å²) in [5.41, 5.74) is -0.289. The summed E-state index contributed by atoms with van der Waals surface area (Å²) < 4.78 is 9.56. The van der Waals surface area contributed by atoms with Crippen molar-refractivity contribution >= 4 is 17.7 Å². The van der Waals surface area contributed by atoms with E-state index in [4.69, 9.17) is 4.74 Å². The Labute approximate surface area is 111 Å². The molecule has 0 spiro atoms. The van der Waals surface area contributed by atoms with Crippen molar-refractivity contribution in [3.05, 3.63) is 23.8 Å². The maximum absolute atomic E-state index is 11.5. The first-order chi connectivity index (χ1) is 8.73. The van der Waals surface area contributed by atoms with E-state index < -0.39 is 17.7 Å². The zero-order valence-electron chi connectivity index (χ0n) is 11.3. The second-order valence-corrected chi connectivity index (χ2v) is 4.85. The number of rotatable bonds is 2. The highest BCUT2D eigenvalue weighted by Crippen LogP contribution is 2.25. The van der Waals surface area contributed by atoms with Crippen LogP contribution in [0.2, 0.25) is 0 Å². The van der Waals surface area contributed by atoms with E-state index in [1.54, 1.807) is 20.8 Å². The van der Waals surface area contributed by atoms with Gasteiger partial charge in [-0.25, -0.2) is 9.59 Å². The Morgan fingerprint density at radius 1 is 1.26 bits per heavy atom. The fourth-order valence-corrected chi connectivity index (χ4v) is 1.30. The van der Waals surface area contributed by atoms with Crippen LogP contribution in [-0.4, -0.2) is 29.9 Å². The molecule has 0 radical (unpaired) electrons. The monoisotopic (exact) mass is 267 g/mol. The molecule has 0 heterocycles. The van der Waals surface area contributed by atoms with Crippen LogP contribution in [0, 0.1) is 0 Å². The summed E-state index contributed by atoms with van der Waals surface area (Å²) in [6, 6.07) is 4.03. The Bertz CT molecular complexity index is 490. The Morgan fingerprint density at radius 2 is 1.89 bits per heavy atom. The number of ether oxygens (including phenoxy) is 2. The third-order valence-electron chi connectivity index (χ3n) is 2.05. The molecule has 0 aromatic heterocycles. The Hall–Kier alpha value is -2.24. The maximum Gasteiger partial charge on any atom is 0.412 e. The minimum absolute atomic E-state index is 0.155. The van der Waals surface area contributed by atoms with Crippen LogP contribution in [0.25, 0.3) is 0 Å². The molecule has 0 aliphatic carbocycles. The lowest BCUT2D eigenvalue weighted by molar-refractivity contribution is 0.0598. The molecule has 0 fully saturated rings. The number of amides is 1. The number of anilines is 1. The first-order valence-electron chi connectivity index (χ1n) is 5.64. The van der Waals surface area contributed by atoms with E-state index in [1.165, 1.54) is 25.3 Å². The molecular formula is C13H17NO5. The van der Waals surface area contributed by atoms with Gasteiger partial charge in [-0.15, -0.1) is 0 Å². The summed E-state index contributed by atoms with van der Waals surface area (Å²) in [4.78, 5) is 22.8. The zero-order valence-corrected chi connectivity index (χ0v) is 11.3. The van der Waals surface area contributed by atoms with Crippen LogP contribution >= 0.6 is 0 Å². The zero-order chi connectivity index (χ0) is 14.6. The predicted octanol–water partition coefficient (Wildman–Crippen LogP) is 2.53. The van der Waals surface area contributed by atoms with E-state index in [9.17, 15) is 14.7 Å². The summed E-state index contributed by atoms with van der Waals surface area (Å²) in [5, 5.41) is 12.1. The summed E-state index contributed by atoms with van der Waals surface area (Å²) in [6.07, 6.45) is -0.686. The van der Waals surface area contributed by atoms with E-state index in [2.05, 4.69) is 10.1 Å². The lowest BCUT2D eigenvalue weighted by Crippen LogP contribution is -2.27. The molecule has 1 rings (SSSR count). The van der Waals surface area contributed by atoms with Crippen molar-refractivity contribution in [3.63, 3.8) is 0 Å². The number of aromatic hydroxyl groups is 1.